The zero-order valence-corrected chi connectivity index (χ0v) is 20.3. The molecule has 1 heterocycles. The minimum absolute atomic E-state index is 0.119. The van der Waals surface area contributed by atoms with Gasteiger partial charge in [-0.3, -0.25) is 4.79 Å². The van der Waals surface area contributed by atoms with Crippen LogP contribution in [0.2, 0.25) is 0 Å². The standard InChI is InChI=1S/C25H34N2O5S/c1-3-6-20-7-10-22(11-8-20)32-18-15-26-25(28)14-9-21-19-23(12-13-24(21)31-2)33(29,30)27-16-4-5-17-27/h7-8,10-13,19H,3-6,9,14-18H2,1-2H3,(H,26,28). The van der Waals surface area contributed by atoms with Crippen LogP contribution < -0.4 is 14.8 Å². The maximum absolute atomic E-state index is 12.9. The van der Waals surface area contributed by atoms with Crippen molar-refractivity contribution in [3.63, 3.8) is 0 Å². The molecule has 1 saturated heterocycles. The van der Waals surface area contributed by atoms with Crippen LogP contribution in [-0.4, -0.2) is 52.0 Å². The predicted octanol–water partition coefficient (Wildman–Crippen LogP) is 3.56. The third-order valence-electron chi connectivity index (χ3n) is 5.73. The monoisotopic (exact) mass is 474 g/mol. The van der Waals surface area contributed by atoms with Gasteiger partial charge < -0.3 is 14.8 Å². The molecule has 33 heavy (non-hydrogen) atoms. The molecule has 0 aromatic heterocycles. The summed E-state index contributed by atoms with van der Waals surface area (Å²) in [6.07, 6.45) is 4.55. The molecule has 0 saturated carbocycles. The summed E-state index contributed by atoms with van der Waals surface area (Å²) in [6, 6.07) is 12.9. The first-order valence-electron chi connectivity index (χ1n) is 11.6. The molecule has 8 heteroatoms. The molecule has 1 N–H and O–H groups in total. The van der Waals surface area contributed by atoms with Crippen LogP contribution in [0.1, 0.15) is 43.7 Å². The quantitative estimate of drug-likeness (QED) is 0.476. The lowest BCUT2D eigenvalue weighted by molar-refractivity contribution is -0.121. The molecule has 1 fully saturated rings. The first-order valence-corrected chi connectivity index (χ1v) is 13.0. The molecule has 2 aromatic carbocycles. The lowest BCUT2D eigenvalue weighted by Gasteiger charge is -2.17. The highest BCUT2D eigenvalue weighted by Crippen LogP contribution is 2.27. The van der Waals surface area contributed by atoms with Crippen LogP contribution in [0.3, 0.4) is 0 Å². The van der Waals surface area contributed by atoms with Gasteiger partial charge in [-0.05, 0) is 67.1 Å². The molecular weight excluding hydrogens is 440 g/mol. The molecule has 1 aliphatic rings. The van der Waals surface area contributed by atoms with Gasteiger partial charge in [-0.2, -0.15) is 4.31 Å². The molecule has 1 amide bonds. The lowest BCUT2D eigenvalue weighted by Crippen LogP contribution is -2.28. The van der Waals surface area contributed by atoms with Crippen molar-refractivity contribution in [2.45, 2.75) is 50.3 Å². The Bertz CT molecular complexity index is 1020. The fourth-order valence-corrected chi connectivity index (χ4v) is 5.49. The summed E-state index contributed by atoms with van der Waals surface area (Å²) in [4.78, 5) is 12.5. The summed E-state index contributed by atoms with van der Waals surface area (Å²) in [5, 5.41) is 2.85. The highest BCUT2D eigenvalue weighted by atomic mass is 32.2. The number of aryl methyl sites for hydroxylation is 2. The summed E-state index contributed by atoms with van der Waals surface area (Å²) >= 11 is 0. The van der Waals surface area contributed by atoms with Crippen molar-refractivity contribution in [1.82, 2.24) is 9.62 Å². The van der Waals surface area contributed by atoms with Gasteiger partial charge in [0.25, 0.3) is 0 Å². The molecule has 7 nitrogen and oxygen atoms in total. The summed E-state index contributed by atoms with van der Waals surface area (Å²) in [5.74, 6) is 1.25. The minimum atomic E-state index is -3.51. The van der Waals surface area contributed by atoms with E-state index in [0.717, 1.165) is 31.4 Å². The van der Waals surface area contributed by atoms with Gasteiger partial charge in [-0.25, -0.2) is 8.42 Å². The maximum Gasteiger partial charge on any atom is 0.243 e. The Kier molecular flexibility index (Phi) is 9.14. The van der Waals surface area contributed by atoms with Crippen LogP contribution in [0.5, 0.6) is 11.5 Å². The SMILES string of the molecule is CCCc1ccc(OCCNC(=O)CCc2cc(S(=O)(=O)N3CCCC3)ccc2OC)cc1. The molecule has 180 valence electrons. The summed E-state index contributed by atoms with van der Waals surface area (Å²) < 4.78 is 38.3. The second-order valence-electron chi connectivity index (χ2n) is 8.18. The number of nitrogens with zero attached hydrogens (tertiary/aromatic N) is 1. The smallest absolute Gasteiger partial charge is 0.243 e. The summed E-state index contributed by atoms with van der Waals surface area (Å²) in [5.41, 5.74) is 1.99. The second kappa shape index (κ2) is 12.0. The first-order chi connectivity index (χ1) is 15.9. The van der Waals surface area contributed by atoms with Crippen LogP contribution in [0, 0.1) is 0 Å². The van der Waals surface area contributed by atoms with Gasteiger partial charge in [0, 0.05) is 19.5 Å². The Morgan fingerprint density at radius 3 is 2.45 bits per heavy atom. The average Bonchev–Trinajstić information content (AvgIpc) is 3.37. The number of carbonyl (C=O) groups is 1. The van der Waals surface area contributed by atoms with Crippen molar-refractivity contribution in [3.05, 3.63) is 53.6 Å². The number of hydrogen-bond donors (Lipinski definition) is 1. The van der Waals surface area contributed by atoms with E-state index in [-0.39, 0.29) is 17.2 Å². The number of ether oxygens (including phenoxy) is 2. The minimum Gasteiger partial charge on any atom is -0.496 e. The van der Waals surface area contributed by atoms with E-state index >= 15 is 0 Å². The number of nitrogens with one attached hydrogen (secondary N) is 1. The second-order valence-corrected chi connectivity index (χ2v) is 10.1. The van der Waals surface area contributed by atoms with Gasteiger partial charge in [-0.15, -0.1) is 0 Å². The molecular formula is C25H34N2O5S. The van der Waals surface area contributed by atoms with Gasteiger partial charge in [0.1, 0.15) is 18.1 Å². The molecule has 0 spiro atoms. The number of methoxy groups -OCH3 is 1. The highest BCUT2D eigenvalue weighted by Gasteiger charge is 2.27. The van der Waals surface area contributed by atoms with Gasteiger partial charge in [-0.1, -0.05) is 25.5 Å². The van der Waals surface area contributed by atoms with Gasteiger partial charge >= 0.3 is 0 Å². The van der Waals surface area contributed by atoms with Crippen LogP contribution in [0.15, 0.2) is 47.4 Å². The first kappa shape index (κ1) is 25.1. The third kappa shape index (κ3) is 6.95. The Hall–Kier alpha value is -2.58. The van der Waals surface area contributed by atoms with Crippen LogP contribution >= 0.6 is 0 Å². The van der Waals surface area contributed by atoms with E-state index in [2.05, 4.69) is 24.4 Å². The fourth-order valence-electron chi connectivity index (χ4n) is 3.93. The number of hydrogen-bond acceptors (Lipinski definition) is 5. The van der Waals surface area contributed by atoms with E-state index < -0.39 is 10.0 Å². The van der Waals surface area contributed by atoms with Crippen LogP contribution in [0.4, 0.5) is 0 Å². The normalized spacial score (nSPS) is 14.2. The van der Waals surface area contributed by atoms with Crippen molar-refractivity contribution in [2.75, 3.05) is 33.4 Å². The van der Waals surface area contributed by atoms with Crippen molar-refractivity contribution >= 4 is 15.9 Å². The Balaban J connectivity index is 1.48. The molecule has 2 aromatic rings. The van der Waals surface area contributed by atoms with E-state index in [4.69, 9.17) is 9.47 Å². The highest BCUT2D eigenvalue weighted by molar-refractivity contribution is 7.89. The van der Waals surface area contributed by atoms with E-state index in [9.17, 15) is 13.2 Å². The molecule has 0 atom stereocenters. The van der Waals surface area contributed by atoms with E-state index in [1.807, 2.05) is 12.1 Å². The lowest BCUT2D eigenvalue weighted by atomic mass is 10.1. The maximum atomic E-state index is 12.9. The zero-order valence-electron chi connectivity index (χ0n) is 19.5. The molecule has 3 rings (SSSR count). The number of amides is 1. The number of benzene rings is 2. The van der Waals surface area contributed by atoms with Gasteiger partial charge in [0.05, 0.1) is 18.6 Å². The summed E-state index contributed by atoms with van der Waals surface area (Å²) in [6.45, 7) is 4.03. The van der Waals surface area contributed by atoms with Crippen molar-refractivity contribution in [1.29, 1.82) is 0 Å². The number of sulfonamides is 1. The summed E-state index contributed by atoms with van der Waals surface area (Å²) in [7, 11) is -1.97. The van der Waals surface area contributed by atoms with Gasteiger partial charge in [0.2, 0.25) is 15.9 Å². The Morgan fingerprint density at radius 1 is 1.06 bits per heavy atom. The molecule has 0 bridgehead atoms. The Labute approximate surface area is 197 Å². The van der Waals surface area contributed by atoms with Crippen molar-refractivity contribution in [3.8, 4) is 11.5 Å². The third-order valence-corrected chi connectivity index (χ3v) is 7.63. The van der Waals surface area contributed by atoms with Crippen molar-refractivity contribution in [2.24, 2.45) is 0 Å². The zero-order chi connectivity index (χ0) is 23.7. The van der Waals surface area contributed by atoms with Crippen LogP contribution in [0.25, 0.3) is 0 Å². The topological polar surface area (TPSA) is 84.9 Å². The molecule has 0 aliphatic carbocycles. The van der Waals surface area contributed by atoms with Crippen molar-refractivity contribution < 1.29 is 22.7 Å². The Morgan fingerprint density at radius 2 is 1.79 bits per heavy atom. The average molecular weight is 475 g/mol. The number of carbonyl (C=O) groups excluding carboxylic acids is 1. The molecule has 0 radical (unpaired) electrons. The van der Waals surface area contributed by atoms with Gasteiger partial charge in [0.15, 0.2) is 0 Å². The molecule has 0 unspecified atom stereocenters. The largest absolute Gasteiger partial charge is 0.496 e. The van der Waals surface area contributed by atoms with E-state index in [0.29, 0.717) is 44.0 Å². The molecule has 1 aliphatic heterocycles. The van der Waals surface area contributed by atoms with E-state index in [1.54, 1.807) is 25.3 Å². The fraction of sp³-hybridized carbons (Fsp3) is 0.480. The van der Waals surface area contributed by atoms with Crippen LogP contribution in [-0.2, 0) is 27.7 Å². The number of rotatable bonds is 12. The predicted molar refractivity (Wildman–Crippen MR) is 128 cm³/mol. The van der Waals surface area contributed by atoms with E-state index in [1.165, 1.54) is 9.87 Å².